The molecule has 4 aromatic carbocycles. The van der Waals surface area contributed by atoms with E-state index in [4.69, 9.17) is 23.5 Å². The number of benzene rings is 4. The number of nitrogens with one attached hydrogen (secondary N) is 1. The summed E-state index contributed by atoms with van der Waals surface area (Å²) >= 11 is 1.58. The lowest BCUT2D eigenvalue weighted by molar-refractivity contribution is -0.384. The molecule has 3 amide bonds. The molecule has 18 heteroatoms. The maximum absolute atomic E-state index is 14.1. The first-order valence-corrected chi connectivity index (χ1v) is 25.0. The summed E-state index contributed by atoms with van der Waals surface area (Å²) in [6.45, 7) is 9.80. The number of aryl methyl sites for hydroxylation is 1. The van der Waals surface area contributed by atoms with Crippen LogP contribution in [0, 0.1) is 23.0 Å². The van der Waals surface area contributed by atoms with Gasteiger partial charge < -0.3 is 43.7 Å². The molecule has 2 unspecified atom stereocenters. The van der Waals surface area contributed by atoms with Gasteiger partial charge in [-0.1, -0.05) is 80.6 Å². The molecule has 0 radical (unpaired) electrons. The van der Waals surface area contributed by atoms with Crippen LogP contribution < -0.4 is 19.7 Å². The highest BCUT2D eigenvalue weighted by Gasteiger charge is 2.43. The van der Waals surface area contributed by atoms with Crippen molar-refractivity contribution in [2.24, 2.45) is 5.92 Å². The summed E-state index contributed by atoms with van der Waals surface area (Å²) in [5.74, 6) is -0.611. The molecule has 0 aliphatic carbocycles. The second kappa shape index (κ2) is 24.3. The number of anilines is 1. The molecule has 2 N–H and O–H groups in total. The molecule has 0 saturated carbocycles. The molecule has 6 aromatic rings. The Morgan fingerprint density at radius 3 is 2.32 bits per heavy atom. The minimum Gasteiger partial charge on any atom is -0.491 e. The molecule has 8 rings (SSSR count). The fraction of sp³-hybridized carbons (Fsp3) is 0.327. The van der Waals surface area contributed by atoms with Crippen molar-refractivity contribution < 1.29 is 47.9 Å². The smallest absolute Gasteiger partial charge is 0.269 e. The summed E-state index contributed by atoms with van der Waals surface area (Å²) < 4.78 is 28.6. The lowest BCUT2D eigenvalue weighted by Gasteiger charge is -2.29. The van der Waals surface area contributed by atoms with Crippen LogP contribution in [-0.4, -0.2) is 101 Å². The van der Waals surface area contributed by atoms with Crippen LogP contribution in [0.4, 0.5) is 11.4 Å². The zero-order valence-corrected chi connectivity index (χ0v) is 41.9. The topological polar surface area (TPSA) is 209 Å². The number of ether oxygens (including phenoxy) is 4. The van der Waals surface area contributed by atoms with Gasteiger partial charge in [-0.25, -0.2) is 4.98 Å². The number of carbonyl (C=O) groups is 3. The van der Waals surface area contributed by atoms with E-state index in [0.29, 0.717) is 50.1 Å². The number of fused-ring (bicyclic) bond motifs is 1. The fourth-order valence-electron chi connectivity index (χ4n) is 8.81. The van der Waals surface area contributed by atoms with Gasteiger partial charge in [0.15, 0.2) is 5.76 Å². The zero-order valence-electron chi connectivity index (χ0n) is 41.0. The van der Waals surface area contributed by atoms with Gasteiger partial charge >= 0.3 is 0 Å². The first-order chi connectivity index (χ1) is 35.3. The number of aromatic nitrogens is 2. The Labute approximate surface area is 427 Å². The Bertz CT molecular complexity index is 2920. The van der Waals surface area contributed by atoms with E-state index in [9.17, 15) is 29.6 Å². The Kier molecular flexibility index (Phi) is 17.2. The largest absolute Gasteiger partial charge is 0.491 e. The van der Waals surface area contributed by atoms with E-state index in [0.717, 1.165) is 44.1 Å². The lowest BCUT2D eigenvalue weighted by atomic mass is 9.91. The number of nitro groups is 1. The Morgan fingerprint density at radius 2 is 1.63 bits per heavy atom. The maximum atomic E-state index is 14.1. The van der Waals surface area contributed by atoms with Crippen LogP contribution in [0.15, 0.2) is 125 Å². The highest BCUT2D eigenvalue weighted by atomic mass is 32.1. The van der Waals surface area contributed by atoms with Gasteiger partial charge in [0, 0.05) is 42.3 Å². The predicted octanol–water partition coefficient (Wildman–Crippen LogP) is 8.73. The number of hydrogen-bond acceptors (Lipinski definition) is 14. The number of nitro benzene ring substituents is 1. The highest BCUT2D eigenvalue weighted by Crippen LogP contribution is 2.38. The highest BCUT2D eigenvalue weighted by molar-refractivity contribution is 7.13. The quantitative estimate of drug-likeness (QED) is 0.0267. The van der Waals surface area contributed by atoms with Crippen molar-refractivity contribution in [2.45, 2.75) is 64.8 Å². The molecule has 380 valence electrons. The van der Waals surface area contributed by atoms with Crippen molar-refractivity contribution in [3.05, 3.63) is 165 Å². The lowest BCUT2D eigenvalue weighted by Crippen LogP contribution is -2.48. The summed E-state index contributed by atoms with van der Waals surface area (Å²) in [7, 11) is 0. The molecule has 73 heavy (non-hydrogen) atoms. The number of likely N-dealkylation sites (tertiary alicyclic amines) is 1. The monoisotopic (exact) mass is 1010 g/mol. The average Bonchev–Trinajstić information content (AvgIpc) is 4.19. The van der Waals surface area contributed by atoms with Gasteiger partial charge in [-0.15, -0.1) is 11.3 Å². The number of rotatable bonds is 23. The Morgan fingerprint density at radius 1 is 0.932 bits per heavy atom. The number of hydrogen-bond donors (Lipinski definition) is 2. The number of carbonyl (C=O) groups excluding carboxylic acids is 3. The number of nitrogens with zero attached hydrogens (tertiary/aromatic N) is 5. The number of allylic oxidation sites excluding steroid dienone is 2. The van der Waals surface area contributed by atoms with Crippen molar-refractivity contribution >= 4 is 52.1 Å². The number of para-hydroxylation sites is 1. The second-order valence-corrected chi connectivity index (χ2v) is 18.9. The van der Waals surface area contributed by atoms with Gasteiger partial charge in [-0.05, 0) is 83.6 Å². The number of thiazole rings is 1. The number of non-ortho nitro benzene ring substituents is 1. The molecule has 0 spiro atoms. The average molecular weight is 1010 g/mol. The van der Waals surface area contributed by atoms with E-state index < -0.39 is 23.0 Å². The molecular weight excluding hydrogens is 953 g/mol. The molecule has 1 saturated heterocycles. The SMILES string of the molecule is Cc1ncsc1-c1ccc(C(C)NC(=O)[C@@H]2C[C@@H](O)CN2C(=O)C(c2cc(OCCOCCOCCOc3ccc(CN4C(=O)/C(=C/C=C/c5ccc([N+](=O)[O-])cc5)c5ccccc54)cc3)no2)C(C)C)cc1. The first kappa shape index (κ1) is 51.8. The number of aliphatic hydroxyl groups is 1. The van der Waals surface area contributed by atoms with Crippen molar-refractivity contribution in [3.8, 4) is 22.1 Å². The van der Waals surface area contributed by atoms with Gasteiger partial charge in [-0.2, -0.15) is 0 Å². The molecule has 2 aliphatic rings. The standard InChI is InChI=1S/C55H58N6O11S/c1-35(2)51(55(65)60-33-43(62)30-48(60)53(63)57-36(3)40-16-18-41(19-17-40)52-37(4)56-34-73-52)49-31-50(58-72-49)71-29-27-69-25-24-68-26-28-70-44-22-14-39(15-23-44)32-59-47-11-6-5-9-45(47)46(54(59)64)10-7-8-38-12-20-42(21-13-38)61(66)67/h5-23,31,34-36,43,48,51,62H,24-30,32-33H2,1-4H3,(H,57,63)/b8-7+,46-10+/t36?,43-,48+,51?/m1/s1. The van der Waals surface area contributed by atoms with Crippen LogP contribution in [0.3, 0.4) is 0 Å². The van der Waals surface area contributed by atoms with E-state index in [-0.39, 0.29) is 67.4 Å². The molecule has 4 atom stereocenters. The summed E-state index contributed by atoms with van der Waals surface area (Å²) in [6.07, 6.45) is 4.62. The summed E-state index contributed by atoms with van der Waals surface area (Å²) in [4.78, 5) is 60.5. The molecule has 1 fully saturated rings. The summed E-state index contributed by atoms with van der Waals surface area (Å²) in [5.41, 5.74) is 8.69. The zero-order chi connectivity index (χ0) is 51.4. The molecule has 17 nitrogen and oxygen atoms in total. The first-order valence-electron chi connectivity index (χ1n) is 24.1. The number of β-amino-alcohol motifs (C(OH)–C–C–N with tert-alkyl or cyclic N) is 1. The Hall–Kier alpha value is -7.51. The van der Waals surface area contributed by atoms with Gasteiger partial charge in [-0.3, -0.25) is 24.5 Å². The maximum Gasteiger partial charge on any atom is 0.269 e. The minimum absolute atomic E-state index is 0.0170. The van der Waals surface area contributed by atoms with Crippen molar-refractivity contribution in [2.75, 3.05) is 51.1 Å². The van der Waals surface area contributed by atoms with Crippen LogP contribution in [0.1, 0.15) is 72.9 Å². The van der Waals surface area contributed by atoms with Gasteiger partial charge in [0.25, 0.3) is 17.5 Å². The van der Waals surface area contributed by atoms with E-state index in [2.05, 4.69) is 15.5 Å². The minimum atomic E-state index is -0.856. The van der Waals surface area contributed by atoms with E-state index >= 15 is 0 Å². The third-order valence-corrected chi connectivity index (χ3v) is 13.6. The van der Waals surface area contributed by atoms with Crippen LogP contribution >= 0.6 is 11.3 Å². The molecule has 0 bridgehead atoms. The van der Waals surface area contributed by atoms with Crippen molar-refractivity contribution in [1.82, 2.24) is 20.4 Å². The second-order valence-electron chi connectivity index (χ2n) is 18.1. The molecule has 2 aliphatic heterocycles. The van der Waals surface area contributed by atoms with Gasteiger partial charge in [0.05, 0.1) is 71.8 Å². The van der Waals surface area contributed by atoms with Crippen LogP contribution in [-0.2, 0) is 30.4 Å². The van der Waals surface area contributed by atoms with Crippen LogP contribution in [0.2, 0.25) is 0 Å². The number of amides is 3. The van der Waals surface area contributed by atoms with Crippen LogP contribution in [0.5, 0.6) is 11.6 Å². The third kappa shape index (κ3) is 12.9. The predicted molar refractivity (Wildman–Crippen MR) is 276 cm³/mol. The summed E-state index contributed by atoms with van der Waals surface area (Å²) in [6, 6.07) is 29.8. The number of aliphatic hydroxyl groups excluding tert-OH is 1. The van der Waals surface area contributed by atoms with Crippen LogP contribution in [0.25, 0.3) is 22.1 Å². The van der Waals surface area contributed by atoms with E-state index in [1.807, 2.05) is 106 Å². The van der Waals surface area contributed by atoms with Crippen molar-refractivity contribution in [1.29, 1.82) is 0 Å². The molecule has 4 heterocycles. The third-order valence-electron chi connectivity index (χ3n) is 12.6. The summed E-state index contributed by atoms with van der Waals surface area (Å²) in [5, 5.41) is 28.7. The van der Waals surface area contributed by atoms with Crippen molar-refractivity contribution in [3.63, 3.8) is 0 Å². The van der Waals surface area contributed by atoms with E-state index in [1.165, 1.54) is 17.0 Å². The Balaban J connectivity index is 0.721. The van der Waals surface area contributed by atoms with E-state index in [1.54, 1.807) is 52.7 Å². The molecular formula is C55H58N6O11S. The van der Waals surface area contributed by atoms with Gasteiger partial charge in [0.1, 0.15) is 30.9 Å². The van der Waals surface area contributed by atoms with Gasteiger partial charge in [0.2, 0.25) is 11.8 Å². The molecule has 2 aromatic heterocycles. The fourth-order valence-corrected chi connectivity index (χ4v) is 9.62. The normalized spacial score (nSPS) is 16.8.